The Labute approximate surface area is 115 Å². The second-order valence-electron chi connectivity index (χ2n) is 4.66. The molecule has 0 aromatic heterocycles. The van der Waals surface area contributed by atoms with E-state index in [9.17, 15) is 18.0 Å². The van der Waals surface area contributed by atoms with Crippen molar-refractivity contribution < 1.29 is 22.7 Å². The van der Waals surface area contributed by atoms with Gasteiger partial charge in [0.1, 0.15) is 0 Å². The zero-order valence-electron chi connectivity index (χ0n) is 11.0. The summed E-state index contributed by atoms with van der Waals surface area (Å²) >= 11 is 0. The molecule has 1 aliphatic heterocycles. The van der Waals surface area contributed by atoms with Crippen LogP contribution >= 0.6 is 0 Å². The number of carbonyl (C=O) groups excluding carboxylic acids is 1. The van der Waals surface area contributed by atoms with Crippen LogP contribution in [0.25, 0.3) is 0 Å². The molecular formula is C14H16F3NO2. The van der Waals surface area contributed by atoms with Crippen molar-refractivity contribution in [2.45, 2.75) is 25.6 Å². The van der Waals surface area contributed by atoms with Crippen LogP contribution in [0.4, 0.5) is 13.2 Å². The summed E-state index contributed by atoms with van der Waals surface area (Å²) in [6.45, 7) is 2.41. The topological polar surface area (TPSA) is 38.3 Å². The number of halogens is 3. The summed E-state index contributed by atoms with van der Waals surface area (Å²) < 4.78 is 44.0. The molecule has 6 heteroatoms. The number of esters is 1. The molecule has 0 aliphatic carbocycles. The first-order valence-electron chi connectivity index (χ1n) is 6.51. The van der Waals surface area contributed by atoms with E-state index in [2.05, 4.69) is 5.32 Å². The summed E-state index contributed by atoms with van der Waals surface area (Å²) in [5.41, 5.74) is -0.593. The van der Waals surface area contributed by atoms with Gasteiger partial charge in [0.2, 0.25) is 0 Å². The molecule has 1 fully saturated rings. The molecule has 1 N–H and O–H groups in total. The van der Waals surface area contributed by atoms with E-state index in [1.807, 2.05) is 0 Å². The highest BCUT2D eigenvalue weighted by atomic mass is 19.4. The average molecular weight is 287 g/mol. The van der Waals surface area contributed by atoms with Crippen molar-refractivity contribution in [2.24, 2.45) is 5.92 Å². The van der Waals surface area contributed by atoms with Gasteiger partial charge in [0.15, 0.2) is 0 Å². The van der Waals surface area contributed by atoms with Gasteiger partial charge >= 0.3 is 12.1 Å². The third kappa shape index (κ3) is 2.95. The molecule has 0 bridgehead atoms. The highest BCUT2D eigenvalue weighted by Crippen LogP contribution is 2.39. The van der Waals surface area contributed by atoms with Crippen LogP contribution in [-0.4, -0.2) is 19.1 Å². The van der Waals surface area contributed by atoms with E-state index in [0.29, 0.717) is 13.0 Å². The SMILES string of the molecule is CCOC(=O)[C@@H]1CCN[C@@H]1c1ccccc1C(F)(F)F. The molecule has 1 aromatic rings. The number of nitrogens with one attached hydrogen (secondary N) is 1. The number of ether oxygens (including phenoxy) is 1. The van der Waals surface area contributed by atoms with Gasteiger partial charge in [-0.2, -0.15) is 13.2 Å². The van der Waals surface area contributed by atoms with E-state index >= 15 is 0 Å². The van der Waals surface area contributed by atoms with Crippen LogP contribution in [0.3, 0.4) is 0 Å². The highest BCUT2D eigenvalue weighted by Gasteiger charge is 2.41. The van der Waals surface area contributed by atoms with Gasteiger partial charge < -0.3 is 10.1 Å². The third-order valence-corrected chi connectivity index (χ3v) is 3.41. The molecule has 1 aromatic carbocycles. The van der Waals surface area contributed by atoms with Gasteiger partial charge in [-0.05, 0) is 31.5 Å². The molecule has 0 saturated carbocycles. The second-order valence-corrected chi connectivity index (χ2v) is 4.66. The molecule has 2 rings (SSSR count). The molecule has 1 saturated heterocycles. The highest BCUT2D eigenvalue weighted by molar-refractivity contribution is 5.74. The standard InChI is InChI=1S/C14H16F3NO2/c1-2-20-13(19)10-7-8-18-12(10)9-5-3-4-6-11(9)14(15,16)17/h3-6,10,12,18H,2,7-8H2,1H3/t10-,12-/m1/s1. The molecule has 3 nitrogen and oxygen atoms in total. The summed E-state index contributed by atoms with van der Waals surface area (Å²) in [5.74, 6) is -1.02. The fourth-order valence-electron chi connectivity index (χ4n) is 2.56. The van der Waals surface area contributed by atoms with E-state index in [1.54, 1.807) is 13.0 Å². The first kappa shape index (κ1) is 14.8. The van der Waals surface area contributed by atoms with Gasteiger partial charge in [-0.1, -0.05) is 18.2 Å². The van der Waals surface area contributed by atoms with Crippen molar-refractivity contribution in [2.75, 3.05) is 13.2 Å². The van der Waals surface area contributed by atoms with Crippen molar-refractivity contribution in [1.82, 2.24) is 5.32 Å². The summed E-state index contributed by atoms with van der Waals surface area (Å²) in [7, 11) is 0. The number of rotatable bonds is 3. The number of hydrogen-bond acceptors (Lipinski definition) is 3. The molecular weight excluding hydrogens is 271 g/mol. The Morgan fingerprint density at radius 2 is 2.10 bits per heavy atom. The average Bonchev–Trinajstić information content (AvgIpc) is 2.87. The summed E-state index contributed by atoms with van der Waals surface area (Å²) in [4.78, 5) is 11.8. The maximum atomic E-state index is 13.0. The van der Waals surface area contributed by atoms with Crippen LogP contribution in [0.5, 0.6) is 0 Å². The molecule has 1 heterocycles. The zero-order chi connectivity index (χ0) is 14.8. The van der Waals surface area contributed by atoms with Gasteiger partial charge in [-0.15, -0.1) is 0 Å². The second kappa shape index (κ2) is 5.83. The molecule has 20 heavy (non-hydrogen) atoms. The minimum Gasteiger partial charge on any atom is -0.466 e. The minimum atomic E-state index is -4.43. The first-order valence-corrected chi connectivity index (χ1v) is 6.51. The molecule has 0 unspecified atom stereocenters. The lowest BCUT2D eigenvalue weighted by Gasteiger charge is -2.22. The molecule has 2 atom stereocenters. The van der Waals surface area contributed by atoms with E-state index in [-0.39, 0.29) is 12.2 Å². The Bertz CT molecular complexity index is 488. The Morgan fingerprint density at radius 1 is 1.40 bits per heavy atom. The maximum absolute atomic E-state index is 13.0. The van der Waals surface area contributed by atoms with Gasteiger partial charge in [0, 0.05) is 6.04 Å². The zero-order valence-corrected chi connectivity index (χ0v) is 11.0. The Balaban J connectivity index is 2.33. The quantitative estimate of drug-likeness (QED) is 0.869. The lowest BCUT2D eigenvalue weighted by Crippen LogP contribution is -2.27. The van der Waals surface area contributed by atoms with Crippen molar-refractivity contribution >= 4 is 5.97 Å². The minimum absolute atomic E-state index is 0.107. The van der Waals surface area contributed by atoms with Crippen LogP contribution in [0.2, 0.25) is 0 Å². The molecule has 0 spiro atoms. The van der Waals surface area contributed by atoms with Crippen molar-refractivity contribution in [1.29, 1.82) is 0 Å². The van der Waals surface area contributed by atoms with Crippen LogP contribution in [0, 0.1) is 5.92 Å². The summed E-state index contributed by atoms with van der Waals surface area (Å²) in [5, 5.41) is 2.97. The van der Waals surface area contributed by atoms with E-state index in [1.165, 1.54) is 12.1 Å². The monoisotopic (exact) mass is 287 g/mol. The fourth-order valence-corrected chi connectivity index (χ4v) is 2.56. The van der Waals surface area contributed by atoms with Crippen LogP contribution in [0.15, 0.2) is 24.3 Å². The molecule has 110 valence electrons. The van der Waals surface area contributed by atoms with Gasteiger partial charge in [-0.25, -0.2) is 0 Å². The molecule has 0 radical (unpaired) electrons. The van der Waals surface area contributed by atoms with Crippen molar-refractivity contribution in [3.8, 4) is 0 Å². The maximum Gasteiger partial charge on any atom is 0.416 e. The smallest absolute Gasteiger partial charge is 0.416 e. The normalized spacial score (nSPS) is 22.8. The van der Waals surface area contributed by atoms with Crippen LogP contribution in [0.1, 0.15) is 30.5 Å². The molecule has 0 amide bonds. The lowest BCUT2D eigenvalue weighted by molar-refractivity contribution is -0.149. The predicted molar refractivity (Wildman–Crippen MR) is 66.9 cm³/mol. The predicted octanol–water partition coefficient (Wildman–Crippen LogP) is 2.92. The summed E-state index contributed by atoms with van der Waals surface area (Å²) in [6, 6.07) is 4.70. The molecule has 1 aliphatic rings. The van der Waals surface area contributed by atoms with Gasteiger partial charge in [-0.3, -0.25) is 4.79 Å². The van der Waals surface area contributed by atoms with Gasteiger partial charge in [0.05, 0.1) is 18.1 Å². The van der Waals surface area contributed by atoms with Crippen LogP contribution < -0.4 is 5.32 Å². The number of alkyl halides is 3. The van der Waals surface area contributed by atoms with E-state index in [4.69, 9.17) is 4.74 Å². The van der Waals surface area contributed by atoms with Crippen molar-refractivity contribution in [3.05, 3.63) is 35.4 Å². The van der Waals surface area contributed by atoms with Gasteiger partial charge in [0.25, 0.3) is 0 Å². The Kier molecular flexibility index (Phi) is 4.32. The van der Waals surface area contributed by atoms with Crippen molar-refractivity contribution in [3.63, 3.8) is 0 Å². The third-order valence-electron chi connectivity index (χ3n) is 3.41. The van der Waals surface area contributed by atoms with E-state index < -0.39 is 29.7 Å². The lowest BCUT2D eigenvalue weighted by atomic mass is 9.91. The largest absolute Gasteiger partial charge is 0.466 e. The fraction of sp³-hybridized carbons (Fsp3) is 0.500. The Morgan fingerprint density at radius 3 is 2.75 bits per heavy atom. The van der Waals surface area contributed by atoms with Crippen LogP contribution in [-0.2, 0) is 15.7 Å². The first-order chi connectivity index (χ1) is 9.45. The van der Waals surface area contributed by atoms with E-state index in [0.717, 1.165) is 6.07 Å². The summed E-state index contributed by atoms with van der Waals surface area (Å²) in [6.07, 6.45) is -3.95. The Hall–Kier alpha value is -1.56. The number of carbonyl (C=O) groups is 1. The number of hydrogen-bond donors (Lipinski definition) is 1. The number of benzene rings is 1.